The van der Waals surface area contributed by atoms with Crippen LogP contribution < -0.4 is 11.1 Å². The SMILES string of the molecule is CC(C)(C)C(N)CC(=O)Nc1ccccc1SC(F)F. The van der Waals surface area contributed by atoms with Gasteiger partial charge in [-0.15, -0.1) is 0 Å². The quantitative estimate of drug-likeness (QED) is 0.815. The summed E-state index contributed by atoms with van der Waals surface area (Å²) in [5.74, 6) is -2.79. The molecule has 0 aliphatic heterocycles. The van der Waals surface area contributed by atoms with Crippen molar-refractivity contribution in [1.29, 1.82) is 0 Å². The Hall–Kier alpha value is -1.14. The number of carbonyl (C=O) groups excluding carboxylic acids is 1. The van der Waals surface area contributed by atoms with Crippen molar-refractivity contribution < 1.29 is 13.6 Å². The molecule has 0 saturated heterocycles. The van der Waals surface area contributed by atoms with Crippen LogP contribution in [0.2, 0.25) is 0 Å². The molecule has 0 saturated carbocycles. The van der Waals surface area contributed by atoms with Crippen LogP contribution in [0.15, 0.2) is 29.2 Å². The first-order valence-electron chi connectivity index (χ1n) is 6.29. The summed E-state index contributed by atoms with van der Waals surface area (Å²) in [4.78, 5) is 12.3. The minimum absolute atomic E-state index is 0.150. The van der Waals surface area contributed by atoms with Crippen molar-refractivity contribution in [1.82, 2.24) is 0 Å². The average molecular weight is 302 g/mol. The molecule has 0 bridgehead atoms. The van der Waals surface area contributed by atoms with E-state index in [0.29, 0.717) is 22.3 Å². The molecule has 0 aromatic heterocycles. The maximum atomic E-state index is 12.4. The second-order valence-corrected chi connectivity index (χ2v) is 6.63. The van der Waals surface area contributed by atoms with Crippen molar-refractivity contribution >= 4 is 23.4 Å². The first-order valence-corrected chi connectivity index (χ1v) is 7.17. The van der Waals surface area contributed by atoms with Gasteiger partial charge < -0.3 is 11.1 Å². The number of alkyl halides is 2. The lowest BCUT2D eigenvalue weighted by Gasteiger charge is -2.26. The van der Waals surface area contributed by atoms with Gasteiger partial charge in [0.05, 0.1) is 5.69 Å². The number of halogens is 2. The molecule has 0 aliphatic rings. The van der Waals surface area contributed by atoms with E-state index in [1.165, 1.54) is 0 Å². The summed E-state index contributed by atoms with van der Waals surface area (Å²) < 4.78 is 24.9. The zero-order chi connectivity index (χ0) is 15.3. The Bertz CT molecular complexity index is 461. The molecule has 1 atom stereocenters. The summed E-state index contributed by atoms with van der Waals surface area (Å²) in [6, 6.07) is 6.20. The molecule has 3 nitrogen and oxygen atoms in total. The van der Waals surface area contributed by atoms with E-state index in [1.807, 2.05) is 20.8 Å². The summed E-state index contributed by atoms with van der Waals surface area (Å²) in [7, 11) is 0. The number of carbonyl (C=O) groups is 1. The Kier molecular flexibility index (Phi) is 5.95. The molecule has 0 aliphatic carbocycles. The normalized spacial score (nSPS) is 13.3. The molecular formula is C14H20F2N2OS. The molecule has 0 heterocycles. The number of anilines is 1. The highest BCUT2D eigenvalue weighted by molar-refractivity contribution is 7.99. The molecule has 20 heavy (non-hydrogen) atoms. The van der Waals surface area contributed by atoms with Crippen molar-refractivity contribution in [2.45, 2.75) is 43.9 Å². The number of para-hydroxylation sites is 1. The minimum atomic E-state index is -2.52. The van der Waals surface area contributed by atoms with Gasteiger partial charge in [0.25, 0.3) is 5.76 Å². The predicted octanol–water partition coefficient (Wildman–Crippen LogP) is 3.70. The van der Waals surface area contributed by atoms with E-state index in [1.54, 1.807) is 24.3 Å². The van der Waals surface area contributed by atoms with E-state index < -0.39 is 5.76 Å². The van der Waals surface area contributed by atoms with Crippen molar-refractivity contribution in [3.63, 3.8) is 0 Å². The summed E-state index contributed by atoms with van der Waals surface area (Å²) in [6.07, 6.45) is 0.150. The van der Waals surface area contributed by atoms with Gasteiger partial charge >= 0.3 is 0 Å². The van der Waals surface area contributed by atoms with Gasteiger partial charge in [-0.05, 0) is 17.5 Å². The Morgan fingerprint density at radius 3 is 2.50 bits per heavy atom. The molecular weight excluding hydrogens is 282 g/mol. The predicted molar refractivity (Wildman–Crippen MR) is 79.0 cm³/mol. The molecule has 112 valence electrons. The molecule has 0 radical (unpaired) electrons. The maximum absolute atomic E-state index is 12.4. The highest BCUT2D eigenvalue weighted by atomic mass is 32.2. The first kappa shape index (κ1) is 16.9. The Morgan fingerprint density at radius 1 is 1.35 bits per heavy atom. The molecule has 1 aromatic carbocycles. The van der Waals surface area contributed by atoms with Gasteiger partial charge in [0.2, 0.25) is 5.91 Å². The summed E-state index contributed by atoms with van der Waals surface area (Å²) in [5.41, 5.74) is 6.14. The van der Waals surface area contributed by atoms with Gasteiger partial charge in [-0.25, -0.2) is 0 Å². The fraction of sp³-hybridized carbons (Fsp3) is 0.500. The van der Waals surface area contributed by atoms with Crippen molar-refractivity contribution in [2.24, 2.45) is 11.1 Å². The van der Waals surface area contributed by atoms with Crippen molar-refractivity contribution in [3.8, 4) is 0 Å². The second kappa shape index (κ2) is 7.04. The van der Waals surface area contributed by atoms with Crippen LogP contribution in [0.1, 0.15) is 27.2 Å². The number of thioether (sulfide) groups is 1. The number of benzene rings is 1. The Labute approximate surface area is 122 Å². The van der Waals surface area contributed by atoms with E-state index in [2.05, 4.69) is 5.32 Å². The topological polar surface area (TPSA) is 55.1 Å². The summed E-state index contributed by atoms with van der Waals surface area (Å²) in [5, 5.41) is 2.65. The second-order valence-electron chi connectivity index (χ2n) is 5.60. The van der Waals surface area contributed by atoms with Gasteiger partial charge in [-0.1, -0.05) is 44.7 Å². The molecule has 6 heteroatoms. The third-order valence-corrected chi connectivity index (χ3v) is 3.68. The highest BCUT2D eigenvalue weighted by Gasteiger charge is 2.23. The third kappa shape index (κ3) is 5.46. The van der Waals surface area contributed by atoms with Gasteiger partial charge in [-0.3, -0.25) is 4.79 Å². The van der Waals surface area contributed by atoms with Crippen LogP contribution in [0, 0.1) is 5.41 Å². The lowest BCUT2D eigenvalue weighted by atomic mass is 9.85. The van der Waals surface area contributed by atoms with E-state index in [9.17, 15) is 13.6 Å². The Balaban J connectivity index is 2.71. The number of amides is 1. The first-order chi connectivity index (χ1) is 9.20. The number of rotatable bonds is 5. The Morgan fingerprint density at radius 2 is 1.95 bits per heavy atom. The van der Waals surface area contributed by atoms with Crippen LogP contribution in [0.25, 0.3) is 0 Å². The van der Waals surface area contributed by atoms with E-state index in [4.69, 9.17) is 5.73 Å². The largest absolute Gasteiger partial charge is 0.327 e. The standard InChI is InChI=1S/C14H20F2N2OS/c1-14(2,3)11(17)8-12(19)18-9-6-4-5-7-10(9)20-13(15)16/h4-7,11,13H,8,17H2,1-3H3,(H,18,19). The van der Waals surface area contributed by atoms with Crippen LogP contribution in [0.3, 0.4) is 0 Å². The van der Waals surface area contributed by atoms with Gasteiger partial charge in [0.1, 0.15) is 0 Å². The van der Waals surface area contributed by atoms with Gasteiger partial charge in [-0.2, -0.15) is 8.78 Å². The van der Waals surface area contributed by atoms with Gasteiger partial charge in [0.15, 0.2) is 0 Å². The van der Waals surface area contributed by atoms with Crippen LogP contribution in [0.4, 0.5) is 14.5 Å². The maximum Gasteiger partial charge on any atom is 0.288 e. The third-order valence-electron chi connectivity index (χ3n) is 2.89. The van der Waals surface area contributed by atoms with E-state index in [-0.39, 0.29) is 23.8 Å². The number of hydrogen-bond donors (Lipinski definition) is 2. The number of hydrogen-bond acceptors (Lipinski definition) is 3. The van der Waals surface area contributed by atoms with E-state index >= 15 is 0 Å². The van der Waals surface area contributed by atoms with Crippen LogP contribution in [0.5, 0.6) is 0 Å². The van der Waals surface area contributed by atoms with Crippen LogP contribution >= 0.6 is 11.8 Å². The highest BCUT2D eigenvalue weighted by Crippen LogP contribution is 2.31. The molecule has 1 amide bonds. The molecule has 3 N–H and O–H groups in total. The summed E-state index contributed by atoms with van der Waals surface area (Å²) in [6.45, 7) is 5.85. The number of nitrogens with two attached hydrogens (primary N) is 1. The molecule has 0 spiro atoms. The molecule has 1 rings (SSSR count). The van der Waals surface area contributed by atoms with Crippen LogP contribution in [-0.4, -0.2) is 17.7 Å². The average Bonchev–Trinajstić information content (AvgIpc) is 2.29. The molecule has 1 unspecified atom stereocenters. The van der Waals surface area contributed by atoms with E-state index in [0.717, 1.165) is 0 Å². The fourth-order valence-corrected chi connectivity index (χ4v) is 2.07. The minimum Gasteiger partial charge on any atom is -0.327 e. The van der Waals surface area contributed by atoms with Crippen molar-refractivity contribution in [2.75, 3.05) is 5.32 Å². The fourth-order valence-electron chi connectivity index (χ4n) is 1.48. The van der Waals surface area contributed by atoms with Crippen molar-refractivity contribution in [3.05, 3.63) is 24.3 Å². The number of nitrogens with one attached hydrogen (secondary N) is 1. The molecule has 0 fully saturated rings. The molecule has 1 aromatic rings. The van der Waals surface area contributed by atoms with Crippen LogP contribution in [-0.2, 0) is 4.79 Å². The smallest absolute Gasteiger partial charge is 0.288 e. The van der Waals surface area contributed by atoms with Gasteiger partial charge in [0, 0.05) is 17.4 Å². The summed E-state index contributed by atoms with van der Waals surface area (Å²) >= 11 is 0.412. The lowest BCUT2D eigenvalue weighted by molar-refractivity contribution is -0.117. The lowest BCUT2D eigenvalue weighted by Crippen LogP contribution is -2.38. The monoisotopic (exact) mass is 302 g/mol. The zero-order valence-electron chi connectivity index (χ0n) is 11.8. The zero-order valence-corrected chi connectivity index (χ0v) is 12.6.